The number of carbonyl (C=O) groups excluding carboxylic acids is 1. The average molecular weight is 282 g/mol. The number of rotatable bonds is 3. The Labute approximate surface area is 120 Å². The first-order valence-electron chi connectivity index (χ1n) is 7.84. The molecular formula is C15H26N2O3. The first-order valence-corrected chi connectivity index (χ1v) is 7.84. The minimum absolute atomic E-state index is 0.0782. The van der Waals surface area contributed by atoms with Crippen LogP contribution in [0.15, 0.2) is 0 Å². The third kappa shape index (κ3) is 3.51. The van der Waals surface area contributed by atoms with Crippen molar-refractivity contribution in [1.29, 1.82) is 0 Å². The van der Waals surface area contributed by atoms with Crippen LogP contribution in [0.4, 0.5) is 0 Å². The van der Waals surface area contributed by atoms with Crippen LogP contribution in [0.25, 0.3) is 0 Å². The molecule has 0 bridgehead atoms. The number of carboxylic acids is 1. The Kier molecular flexibility index (Phi) is 5.02. The monoisotopic (exact) mass is 282 g/mol. The molecule has 0 heterocycles. The van der Waals surface area contributed by atoms with E-state index in [0.29, 0.717) is 19.3 Å². The van der Waals surface area contributed by atoms with Crippen LogP contribution in [0.1, 0.15) is 64.2 Å². The summed E-state index contributed by atoms with van der Waals surface area (Å²) in [6, 6.07) is 0.0782. The van der Waals surface area contributed by atoms with Crippen molar-refractivity contribution in [3.63, 3.8) is 0 Å². The summed E-state index contributed by atoms with van der Waals surface area (Å²) in [5.74, 6) is -1.10. The summed E-state index contributed by atoms with van der Waals surface area (Å²) >= 11 is 0. The first-order chi connectivity index (χ1) is 9.53. The Morgan fingerprint density at radius 3 is 2.25 bits per heavy atom. The maximum atomic E-state index is 12.4. The first kappa shape index (κ1) is 15.3. The van der Waals surface area contributed by atoms with E-state index in [1.807, 2.05) is 0 Å². The van der Waals surface area contributed by atoms with Crippen LogP contribution < -0.4 is 11.1 Å². The third-order valence-corrected chi connectivity index (χ3v) is 4.81. The molecule has 5 heteroatoms. The number of carboxylic acid groups (broad SMARTS) is 1. The Balaban J connectivity index is 2.03. The molecule has 114 valence electrons. The van der Waals surface area contributed by atoms with E-state index in [-0.39, 0.29) is 17.9 Å². The number of nitrogens with one attached hydrogen (secondary N) is 1. The van der Waals surface area contributed by atoms with E-state index in [0.717, 1.165) is 44.9 Å². The van der Waals surface area contributed by atoms with Crippen molar-refractivity contribution in [3.8, 4) is 0 Å². The van der Waals surface area contributed by atoms with Crippen LogP contribution in [-0.2, 0) is 9.59 Å². The lowest BCUT2D eigenvalue weighted by Gasteiger charge is -2.33. The molecule has 0 radical (unpaired) electrons. The molecule has 2 aliphatic rings. The van der Waals surface area contributed by atoms with Gasteiger partial charge in [-0.3, -0.25) is 4.79 Å². The summed E-state index contributed by atoms with van der Waals surface area (Å²) in [5.41, 5.74) is 4.87. The summed E-state index contributed by atoms with van der Waals surface area (Å²) in [5, 5.41) is 12.4. The summed E-state index contributed by atoms with van der Waals surface area (Å²) < 4.78 is 0. The van der Waals surface area contributed by atoms with Crippen molar-refractivity contribution in [3.05, 3.63) is 0 Å². The van der Waals surface area contributed by atoms with E-state index in [1.165, 1.54) is 0 Å². The van der Waals surface area contributed by atoms with Crippen molar-refractivity contribution in [2.45, 2.75) is 75.8 Å². The molecule has 0 aromatic rings. The third-order valence-electron chi connectivity index (χ3n) is 4.81. The van der Waals surface area contributed by atoms with Gasteiger partial charge in [0.05, 0.1) is 0 Å². The van der Waals surface area contributed by atoms with Gasteiger partial charge < -0.3 is 16.2 Å². The Bertz CT molecular complexity index is 362. The van der Waals surface area contributed by atoms with Gasteiger partial charge in [0.15, 0.2) is 0 Å². The number of nitrogens with two attached hydrogens (primary N) is 1. The molecule has 20 heavy (non-hydrogen) atoms. The van der Waals surface area contributed by atoms with Gasteiger partial charge in [-0.2, -0.15) is 0 Å². The smallest absolute Gasteiger partial charge is 0.329 e. The molecule has 2 unspecified atom stereocenters. The fourth-order valence-electron chi connectivity index (χ4n) is 3.53. The van der Waals surface area contributed by atoms with Gasteiger partial charge in [0, 0.05) is 12.0 Å². The molecule has 5 nitrogen and oxygen atoms in total. The SMILES string of the molecule is NC1CCCC(C(=O)NC2(C(=O)O)CCCCCC2)C1. The molecular weight excluding hydrogens is 256 g/mol. The largest absolute Gasteiger partial charge is 0.480 e. The van der Waals surface area contributed by atoms with Gasteiger partial charge in [-0.05, 0) is 32.1 Å². The normalized spacial score (nSPS) is 30.2. The number of carbonyl (C=O) groups is 2. The van der Waals surface area contributed by atoms with Gasteiger partial charge in [-0.15, -0.1) is 0 Å². The lowest BCUT2D eigenvalue weighted by Crippen LogP contribution is -2.56. The van der Waals surface area contributed by atoms with Gasteiger partial charge in [0.25, 0.3) is 0 Å². The van der Waals surface area contributed by atoms with Gasteiger partial charge >= 0.3 is 5.97 Å². The summed E-state index contributed by atoms with van der Waals surface area (Å²) in [6.45, 7) is 0. The predicted octanol–water partition coefficient (Wildman–Crippen LogP) is 1.80. The molecule has 0 aromatic heterocycles. The Morgan fingerprint density at radius 2 is 1.70 bits per heavy atom. The fraction of sp³-hybridized carbons (Fsp3) is 0.867. The minimum atomic E-state index is -1.05. The van der Waals surface area contributed by atoms with E-state index >= 15 is 0 Å². The lowest BCUT2D eigenvalue weighted by atomic mass is 9.83. The summed E-state index contributed by atoms with van der Waals surface area (Å²) in [6.07, 6.45) is 8.38. The number of hydrogen-bond donors (Lipinski definition) is 3. The highest BCUT2D eigenvalue weighted by Gasteiger charge is 2.41. The molecule has 0 spiro atoms. The van der Waals surface area contributed by atoms with E-state index < -0.39 is 11.5 Å². The molecule has 0 aromatic carbocycles. The zero-order valence-electron chi connectivity index (χ0n) is 12.1. The molecule has 4 N–H and O–H groups in total. The number of amides is 1. The second-order valence-corrected chi connectivity index (χ2v) is 6.41. The average Bonchev–Trinajstić information content (AvgIpc) is 2.65. The Hall–Kier alpha value is -1.10. The van der Waals surface area contributed by atoms with Gasteiger partial charge in [-0.25, -0.2) is 4.79 Å². The van der Waals surface area contributed by atoms with Crippen molar-refractivity contribution in [1.82, 2.24) is 5.32 Å². The molecule has 2 rings (SSSR count). The maximum Gasteiger partial charge on any atom is 0.329 e. The topological polar surface area (TPSA) is 92.4 Å². The second kappa shape index (κ2) is 6.57. The molecule has 2 fully saturated rings. The van der Waals surface area contributed by atoms with E-state index in [2.05, 4.69) is 5.32 Å². The zero-order valence-corrected chi connectivity index (χ0v) is 12.1. The fourth-order valence-corrected chi connectivity index (χ4v) is 3.53. The van der Waals surface area contributed by atoms with Gasteiger partial charge in [-0.1, -0.05) is 32.1 Å². The molecule has 2 saturated carbocycles. The van der Waals surface area contributed by atoms with Gasteiger partial charge in [0.2, 0.25) is 5.91 Å². The summed E-state index contributed by atoms with van der Waals surface area (Å²) in [7, 11) is 0. The quantitative estimate of drug-likeness (QED) is 0.688. The standard InChI is InChI=1S/C15H26N2O3/c16-12-7-5-6-11(10-12)13(18)17-15(14(19)20)8-3-1-2-4-9-15/h11-12H,1-10,16H2,(H,17,18)(H,19,20). The van der Waals surface area contributed by atoms with Crippen molar-refractivity contribution >= 4 is 11.9 Å². The lowest BCUT2D eigenvalue weighted by molar-refractivity contribution is -0.149. The van der Waals surface area contributed by atoms with Crippen LogP contribution in [0.2, 0.25) is 0 Å². The molecule has 0 aliphatic heterocycles. The summed E-state index contributed by atoms with van der Waals surface area (Å²) in [4.78, 5) is 24.1. The Morgan fingerprint density at radius 1 is 1.05 bits per heavy atom. The van der Waals surface area contributed by atoms with Crippen molar-refractivity contribution in [2.24, 2.45) is 11.7 Å². The van der Waals surface area contributed by atoms with Crippen LogP contribution in [0.5, 0.6) is 0 Å². The number of hydrogen-bond acceptors (Lipinski definition) is 3. The highest BCUT2D eigenvalue weighted by Crippen LogP contribution is 2.30. The maximum absolute atomic E-state index is 12.4. The zero-order chi connectivity index (χ0) is 14.6. The van der Waals surface area contributed by atoms with Crippen LogP contribution >= 0.6 is 0 Å². The minimum Gasteiger partial charge on any atom is -0.480 e. The number of aliphatic carboxylic acids is 1. The van der Waals surface area contributed by atoms with E-state index in [4.69, 9.17) is 5.73 Å². The molecule has 2 aliphatic carbocycles. The van der Waals surface area contributed by atoms with Crippen molar-refractivity contribution in [2.75, 3.05) is 0 Å². The van der Waals surface area contributed by atoms with Crippen LogP contribution in [-0.4, -0.2) is 28.6 Å². The van der Waals surface area contributed by atoms with Gasteiger partial charge in [0.1, 0.15) is 5.54 Å². The van der Waals surface area contributed by atoms with E-state index in [9.17, 15) is 14.7 Å². The highest BCUT2D eigenvalue weighted by atomic mass is 16.4. The van der Waals surface area contributed by atoms with Crippen molar-refractivity contribution < 1.29 is 14.7 Å². The predicted molar refractivity (Wildman–Crippen MR) is 76.1 cm³/mol. The van der Waals surface area contributed by atoms with E-state index in [1.54, 1.807) is 0 Å². The van der Waals surface area contributed by atoms with Crippen LogP contribution in [0, 0.1) is 5.92 Å². The molecule has 0 saturated heterocycles. The molecule has 1 amide bonds. The van der Waals surface area contributed by atoms with Crippen LogP contribution in [0.3, 0.4) is 0 Å². The highest BCUT2D eigenvalue weighted by molar-refractivity contribution is 5.88. The second-order valence-electron chi connectivity index (χ2n) is 6.41. The molecule has 2 atom stereocenters.